The molecule has 4 heterocycles. The van der Waals surface area contributed by atoms with E-state index in [1.807, 2.05) is 30.3 Å². The average Bonchev–Trinajstić information content (AvgIpc) is 3.27. The second-order valence-electron chi connectivity index (χ2n) is 7.75. The minimum absolute atomic E-state index is 0.341. The number of aromatic nitrogens is 2. The van der Waals surface area contributed by atoms with Crippen LogP contribution in [0.15, 0.2) is 35.4 Å². The van der Waals surface area contributed by atoms with Crippen LogP contribution in [0.4, 0.5) is 11.6 Å². The van der Waals surface area contributed by atoms with Gasteiger partial charge in [0.15, 0.2) is 5.82 Å². The van der Waals surface area contributed by atoms with E-state index in [2.05, 4.69) is 30.3 Å². The number of hydrazone groups is 1. The molecule has 0 amide bonds. The largest absolute Gasteiger partial charge is 0.487 e. The maximum absolute atomic E-state index is 5.93. The van der Waals surface area contributed by atoms with Crippen LogP contribution in [0.5, 0.6) is 11.8 Å². The van der Waals surface area contributed by atoms with E-state index < -0.39 is 0 Å². The fraction of sp³-hybridized carbons (Fsp3) is 0.500. The van der Waals surface area contributed by atoms with Crippen LogP contribution in [0, 0.1) is 0 Å². The minimum Gasteiger partial charge on any atom is -0.487 e. The highest BCUT2D eigenvalue weighted by Crippen LogP contribution is 2.25. The van der Waals surface area contributed by atoms with Crippen LogP contribution >= 0.6 is 0 Å². The second kappa shape index (κ2) is 10.1. The number of morpholine rings is 2. The Balaban J connectivity index is 1.30. The normalized spacial score (nSPS) is 20.1. The third-order valence-corrected chi connectivity index (χ3v) is 5.64. The van der Waals surface area contributed by atoms with Gasteiger partial charge in [-0.1, -0.05) is 12.1 Å². The minimum atomic E-state index is 0.341. The molecule has 3 aliphatic heterocycles. The fourth-order valence-electron chi connectivity index (χ4n) is 3.85. The monoisotopic (exact) mass is 440 g/mol. The Morgan fingerprint density at radius 2 is 1.78 bits per heavy atom. The zero-order valence-electron chi connectivity index (χ0n) is 18.0. The van der Waals surface area contributed by atoms with Crippen molar-refractivity contribution in [2.75, 3.05) is 82.7 Å². The molecule has 10 heteroatoms. The summed E-state index contributed by atoms with van der Waals surface area (Å²) in [6.45, 7) is 8.05. The zero-order valence-corrected chi connectivity index (χ0v) is 18.0. The third kappa shape index (κ3) is 5.09. The first-order valence-corrected chi connectivity index (χ1v) is 11.0. The quantitative estimate of drug-likeness (QED) is 0.638. The highest BCUT2D eigenvalue weighted by molar-refractivity contribution is 6.06. The van der Waals surface area contributed by atoms with Gasteiger partial charge >= 0.3 is 6.01 Å². The summed E-state index contributed by atoms with van der Waals surface area (Å²) in [6, 6.07) is 10.1. The number of hydrogen-bond donors (Lipinski definition) is 1. The first-order chi connectivity index (χ1) is 15.8. The molecule has 0 unspecified atom stereocenters. The van der Waals surface area contributed by atoms with E-state index in [9.17, 15) is 0 Å². The Labute approximate surface area is 187 Å². The Morgan fingerprint density at radius 3 is 2.62 bits per heavy atom. The van der Waals surface area contributed by atoms with Gasteiger partial charge in [-0.25, -0.2) is 0 Å². The Kier molecular flexibility index (Phi) is 6.61. The molecule has 0 aliphatic carbocycles. The van der Waals surface area contributed by atoms with Crippen molar-refractivity contribution in [1.82, 2.24) is 14.9 Å². The SMILES string of the molecule is c1ccc2c(c1)OC/C2=N/Nc1cc(N2CCOCC2)nc(OCCN2CCOCC2)n1. The number of nitrogens with one attached hydrogen (secondary N) is 1. The van der Waals surface area contributed by atoms with E-state index in [-0.39, 0.29) is 0 Å². The summed E-state index contributed by atoms with van der Waals surface area (Å²) in [4.78, 5) is 13.7. The molecule has 10 nitrogen and oxygen atoms in total. The Hall–Kier alpha value is -2.95. The summed E-state index contributed by atoms with van der Waals surface area (Å²) >= 11 is 0. The standard InChI is InChI=1S/C22H28N6O4/c1-2-4-19-17(3-1)18(16-32-19)25-26-20-15-21(28-8-12-30-13-9-28)24-22(23-20)31-14-7-27-5-10-29-11-6-27/h1-4,15H,5-14,16H2,(H,23,24,26)/b25-18-. The van der Waals surface area contributed by atoms with E-state index in [1.165, 1.54) is 0 Å². The molecule has 0 spiro atoms. The number of benzene rings is 1. The molecule has 2 saturated heterocycles. The molecule has 2 fully saturated rings. The van der Waals surface area contributed by atoms with Crippen LogP contribution in [0.2, 0.25) is 0 Å². The van der Waals surface area contributed by atoms with Gasteiger partial charge in [0.1, 0.15) is 30.5 Å². The van der Waals surface area contributed by atoms with Crippen molar-refractivity contribution >= 4 is 17.3 Å². The highest BCUT2D eigenvalue weighted by Gasteiger charge is 2.20. The lowest BCUT2D eigenvalue weighted by atomic mass is 10.1. The molecule has 2 aromatic rings. The fourth-order valence-corrected chi connectivity index (χ4v) is 3.85. The van der Waals surface area contributed by atoms with E-state index in [0.717, 1.165) is 68.8 Å². The van der Waals surface area contributed by atoms with Crippen molar-refractivity contribution in [1.29, 1.82) is 0 Å². The maximum atomic E-state index is 5.93. The lowest BCUT2D eigenvalue weighted by Crippen LogP contribution is -2.39. The maximum Gasteiger partial charge on any atom is 0.320 e. The molecule has 32 heavy (non-hydrogen) atoms. The average molecular weight is 441 g/mol. The molecule has 170 valence electrons. The second-order valence-corrected chi connectivity index (χ2v) is 7.75. The molecule has 0 radical (unpaired) electrons. The molecule has 3 aliphatic rings. The first-order valence-electron chi connectivity index (χ1n) is 11.0. The van der Waals surface area contributed by atoms with Crippen molar-refractivity contribution in [3.05, 3.63) is 35.9 Å². The highest BCUT2D eigenvalue weighted by atomic mass is 16.5. The molecule has 0 saturated carbocycles. The van der Waals surface area contributed by atoms with Crippen LogP contribution in [0.25, 0.3) is 0 Å². The lowest BCUT2D eigenvalue weighted by Gasteiger charge is -2.28. The predicted octanol–water partition coefficient (Wildman–Crippen LogP) is 1.23. The molecule has 0 bridgehead atoms. The smallest absolute Gasteiger partial charge is 0.320 e. The zero-order chi connectivity index (χ0) is 21.6. The van der Waals surface area contributed by atoms with Gasteiger partial charge in [0.05, 0.1) is 26.4 Å². The predicted molar refractivity (Wildman–Crippen MR) is 120 cm³/mol. The van der Waals surface area contributed by atoms with E-state index in [0.29, 0.717) is 38.3 Å². The van der Waals surface area contributed by atoms with Gasteiger partial charge in [-0.3, -0.25) is 10.3 Å². The van der Waals surface area contributed by atoms with Gasteiger partial charge in [-0.05, 0) is 12.1 Å². The number of fused-ring (bicyclic) bond motifs is 1. The number of hydrogen-bond acceptors (Lipinski definition) is 10. The molecule has 1 aromatic heterocycles. The molecular weight excluding hydrogens is 412 g/mol. The summed E-state index contributed by atoms with van der Waals surface area (Å²) < 4.78 is 22.5. The number of rotatable bonds is 7. The van der Waals surface area contributed by atoms with Crippen molar-refractivity contribution in [2.45, 2.75) is 0 Å². The van der Waals surface area contributed by atoms with Crippen LogP contribution in [0.1, 0.15) is 5.56 Å². The van der Waals surface area contributed by atoms with Crippen LogP contribution < -0.4 is 19.8 Å². The summed E-state index contributed by atoms with van der Waals surface area (Å²) in [5, 5.41) is 4.55. The first kappa shape index (κ1) is 20.9. The Bertz CT molecular complexity index is 944. The van der Waals surface area contributed by atoms with Crippen LogP contribution in [-0.2, 0) is 9.47 Å². The van der Waals surface area contributed by atoms with Crippen molar-refractivity contribution < 1.29 is 18.9 Å². The Morgan fingerprint density at radius 1 is 1.00 bits per heavy atom. The van der Waals surface area contributed by atoms with Crippen LogP contribution in [-0.4, -0.2) is 92.9 Å². The summed E-state index contributed by atoms with van der Waals surface area (Å²) in [5.74, 6) is 2.23. The molecule has 1 N–H and O–H groups in total. The number of ether oxygens (including phenoxy) is 4. The van der Waals surface area contributed by atoms with Gasteiger partial charge in [0.25, 0.3) is 0 Å². The topological polar surface area (TPSA) is 93.6 Å². The molecule has 5 rings (SSSR count). The van der Waals surface area contributed by atoms with E-state index in [4.69, 9.17) is 18.9 Å². The van der Waals surface area contributed by atoms with Crippen LogP contribution in [0.3, 0.4) is 0 Å². The summed E-state index contributed by atoms with van der Waals surface area (Å²) in [7, 11) is 0. The van der Waals surface area contributed by atoms with Crippen molar-refractivity contribution in [3.63, 3.8) is 0 Å². The number of para-hydroxylation sites is 1. The van der Waals surface area contributed by atoms with Gasteiger partial charge < -0.3 is 23.8 Å². The molecule has 1 aromatic carbocycles. The van der Waals surface area contributed by atoms with Gasteiger partial charge in [0.2, 0.25) is 0 Å². The van der Waals surface area contributed by atoms with E-state index >= 15 is 0 Å². The van der Waals surface area contributed by atoms with Gasteiger partial charge in [-0.2, -0.15) is 15.1 Å². The molecular formula is C22H28N6O4. The van der Waals surface area contributed by atoms with E-state index in [1.54, 1.807) is 0 Å². The van der Waals surface area contributed by atoms with Crippen molar-refractivity contribution in [2.24, 2.45) is 5.10 Å². The van der Waals surface area contributed by atoms with Gasteiger partial charge in [-0.15, -0.1) is 0 Å². The van der Waals surface area contributed by atoms with Gasteiger partial charge in [0, 0.05) is 44.4 Å². The third-order valence-electron chi connectivity index (χ3n) is 5.64. The molecule has 0 atom stereocenters. The number of nitrogens with zero attached hydrogens (tertiary/aromatic N) is 5. The summed E-state index contributed by atoms with van der Waals surface area (Å²) in [6.07, 6.45) is 0. The lowest BCUT2D eigenvalue weighted by molar-refractivity contribution is 0.0317. The summed E-state index contributed by atoms with van der Waals surface area (Å²) in [5.41, 5.74) is 4.90. The van der Waals surface area contributed by atoms with Crippen molar-refractivity contribution in [3.8, 4) is 11.8 Å². The number of anilines is 2.